The third kappa shape index (κ3) is 3.38. The maximum absolute atomic E-state index is 12.0. The van der Waals surface area contributed by atoms with Crippen LogP contribution >= 0.6 is 0 Å². The first-order valence-electron chi connectivity index (χ1n) is 6.80. The minimum atomic E-state index is -0.273. The Labute approximate surface area is 119 Å². The first-order chi connectivity index (χ1) is 9.72. The van der Waals surface area contributed by atoms with Crippen molar-refractivity contribution in [2.24, 2.45) is 0 Å². The Morgan fingerprint density at radius 3 is 2.45 bits per heavy atom. The van der Waals surface area contributed by atoms with Crippen LogP contribution in [0.2, 0.25) is 0 Å². The lowest BCUT2D eigenvalue weighted by Crippen LogP contribution is -2.14. The number of benzene rings is 2. The van der Waals surface area contributed by atoms with Crippen LogP contribution in [-0.2, 0) is 4.74 Å². The van der Waals surface area contributed by atoms with Crippen LogP contribution in [0.5, 0.6) is 0 Å². The average molecular weight is 269 g/mol. The van der Waals surface area contributed by atoms with E-state index in [-0.39, 0.29) is 12.0 Å². The van der Waals surface area contributed by atoms with Crippen LogP contribution in [0, 0.1) is 0 Å². The molecule has 1 N–H and O–H groups in total. The van der Waals surface area contributed by atoms with Gasteiger partial charge in [0.2, 0.25) is 0 Å². The van der Waals surface area contributed by atoms with Crippen molar-refractivity contribution in [2.45, 2.75) is 19.9 Å². The standard InChI is InChI=1S/C17H19NO2/c1-3-20-17(19)16-12-8-7-11-15(16)13(2)18-14-9-5-4-6-10-14/h4-13,18H,3H2,1-2H3. The van der Waals surface area contributed by atoms with Crippen molar-refractivity contribution in [1.29, 1.82) is 0 Å². The van der Waals surface area contributed by atoms with E-state index >= 15 is 0 Å². The molecule has 2 aromatic carbocycles. The maximum atomic E-state index is 12.0. The molecule has 0 heterocycles. The number of para-hydroxylation sites is 1. The minimum Gasteiger partial charge on any atom is -0.462 e. The van der Waals surface area contributed by atoms with Crippen molar-refractivity contribution < 1.29 is 9.53 Å². The summed E-state index contributed by atoms with van der Waals surface area (Å²) in [5.41, 5.74) is 2.58. The lowest BCUT2D eigenvalue weighted by Gasteiger charge is -2.18. The molecular formula is C17H19NO2. The molecule has 0 spiro atoms. The average Bonchev–Trinajstić information content (AvgIpc) is 2.48. The summed E-state index contributed by atoms with van der Waals surface area (Å²) < 4.78 is 5.10. The van der Waals surface area contributed by atoms with Gasteiger partial charge in [0.05, 0.1) is 12.2 Å². The molecule has 0 saturated heterocycles. The van der Waals surface area contributed by atoms with Gasteiger partial charge in [-0.1, -0.05) is 36.4 Å². The molecule has 3 heteroatoms. The predicted octanol–water partition coefficient (Wildman–Crippen LogP) is 4.04. The van der Waals surface area contributed by atoms with E-state index in [2.05, 4.69) is 5.32 Å². The van der Waals surface area contributed by atoms with Crippen LogP contribution < -0.4 is 5.32 Å². The summed E-state index contributed by atoms with van der Waals surface area (Å²) in [6.45, 7) is 4.23. The van der Waals surface area contributed by atoms with E-state index in [0.717, 1.165) is 11.3 Å². The van der Waals surface area contributed by atoms with Gasteiger partial charge in [0.1, 0.15) is 0 Å². The second-order valence-corrected chi connectivity index (χ2v) is 4.54. The highest BCUT2D eigenvalue weighted by atomic mass is 16.5. The quantitative estimate of drug-likeness (QED) is 0.833. The Bertz CT molecular complexity index is 566. The molecule has 0 aromatic heterocycles. The number of rotatable bonds is 5. The first kappa shape index (κ1) is 14.1. The van der Waals surface area contributed by atoms with Crippen LogP contribution in [-0.4, -0.2) is 12.6 Å². The van der Waals surface area contributed by atoms with Crippen molar-refractivity contribution in [3.05, 3.63) is 65.7 Å². The van der Waals surface area contributed by atoms with E-state index in [4.69, 9.17) is 4.74 Å². The minimum absolute atomic E-state index is 0.0259. The molecule has 1 atom stereocenters. The molecule has 1 unspecified atom stereocenters. The van der Waals surface area contributed by atoms with Gasteiger partial charge in [-0.05, 0) is 37.6 Å². The highest BCUT2D eigenvalue weighted by Crippen LogP contribution is 2.22. The number of esters is 1. The van der Waals surface area contributed by atoms with Gasteiger partial charge in [0.15, 0.2) is 0 Å². The molecule has 104 valence electrons. The molecule has 0 bridgehead atoms. The molecule has 0 radical (unpaired) electrons. The van der Waals surface area contributed by atoms with Crippen LogP contribution in [0.3, 0.4) is 0 Å². The number of hydrogen-bond acceptors (Lipinski definition) is 3. The Kier molecular flexibility index (Phi) is 4.77. The molecule has 0 aliphatic carbocycles. The topological polar surface area (TPSA) is 38.3 Å². The van der Waals surface area contributed by atoms with Gasteiger partial charge < -0.3 is 10.1 Å². The molecule has 2 rings (SSSR count). The number of carbonyl (C=O) groups excluding carboxylic acids is 1. The maximum Gasteiger partial charge on any atom is 0.338 e. The summed E-state index contributed by atoms with van der Waals surface area (Å²) >= 11 is 0. The van der Waals surface area contributed by atoms with Crippen molar-refractivity contribution >= 4 is 11.7 Å². The Hall–Kier alpha value is -2.29. The zero-order valence-corrected chi connectivity index (χ0v) is 11.8. The van der Waals surface area contributed by atoms with E-state index in [1.807, 2.05) is 62.4 Å². The fourth-order valence-corrected chi connectivity index (χ4v) is 2.13. The Morgan fingerprint density at radius 2 is 1.75 bits per heavy atom. The second-order valence-electron chi connectivity index (χ2n) is 4.54. The molecular weight excluding hydrogens is 250 g/mol. The molecule has 0 saturated carbocycles. The highest BCUT2D eigenvalue weighted by Gasteiger charge is 2.16. The number of anilines is 1. The van der Waals surface area contributed by atoms with Gasteiger partial charge in [0, 0.05) is 11.7 Å². The predicted molar refractivity (Wildman–Crippen MR) is 80.9 cm³/mol. The molecule has 0 fully saturated rings. The van der Waals surface area contributed by atoms with Gasteiger partial charge in [-0.15, -0.1) is 0 Å². The number of nitrogens with one attached hydrogen (secondary N) is 1. The Morgan fingerprint density at radius 1 is 1.10 bits per heavy atom. The van der Waals surface area contributed by atoms with Gasteiger partial charge in [0.25, 0.3) is 0 Å². The smallest absolute Gasteiger partial charge is 0.338 e. The van der Waals surface area contributed by atoms with Crippen molar-refractivity contribution in [1.82, 2.24) is 0 Å². The molecule has 0 aliphatic rings. The number of carbonyl (C=O) groups is 1. The zero-order chi connectivity index (χ0) is 14.4. The summed E-state index contributed by atoms with van der Waals surface area (Å²) in [7, 11) is 0. The molecule has 0 aliphatic heterocycles. The first-order valence-corrected chi connectivity index (χ1v) is 6.80. The normalized spacial score (nSPS) is 11.7. The van der Waals surface area contributed by atoms with E-state index in [1.54, 1.807) is 6.07 Å². The fourth-order valence-electron chi connectivity index (χ4n) is 2.13. The summed E-state index contributed by atoms with van der Waals surface area (Å²) in [4.78, 5) is 12.0. The van der Waals surface area contributed by atoms with E-state index in [1.165, 1.54) is 0 Å². The lowest BCUT2D eigenvalue weighted by atomic mass is 10.0. The fraction of sp³-hybridized carbons (Fsp3) is 0.235. The van der Waals surface area contributed by atoms with Crippen LogP contribution in [0.1, 0.15) is 35.8 Å². The summed E-state index contributed by atoms with van der Waals surface area (Å²) in [6.07, 6.45) is 0. The zero-order valence-electron chi connectivity index (χ0n) is 11.8. The summed E-state index contributed by atoms with van der Waals surface area (Å²) in [6, 6.07) is 17.5. The van der Waals surface area contributed by atoms with Gasteiger partial charge >= 0.3 is 5.97 Å². The third-order valence-corrected chi connectivity index (χ3v) is 3.08. The molecule has 3 nitrogen and oxygen atoms in total. The molecule has 2 aromatic rings. The van der Waals surface area contributed by atoms with Gasteiger partial charge in [-0.25, -0.2) is 4.79 Å². The Balaban J connectivity index is 2.21. The van der Waals surface area contributed by atoms with Crippen LogP contribution in [0.25, 0.3) is 0 Å². The monoisotopic (exact) mass is 269 g/mol. The second kappa shape index (κ2) is 6.75. The van der Waals surface area contributed by atoms with Crippen molar-refractivity contribution in [2.75, 3.05) is 11.9 Å². The third-order valence-electron chi connectivity index (χ3n) is 3.08. The SMILES string of the molecule is CCOC(=O)c1ccccc1C(C)Nc1ccccc1. The molecule has 0 amide bonds. The van der Waals surface area contributed by atoms with E-state index in [0.29, 0.717) is 12.2 Å². The van der Waals surface area contributed by atoms with Gasteiger partial charge in [-0.2, -0.15) is 0 Å². The number of hydrogen-bond donors (Lipinski definition) is 1. The van der Waals surface area contributed by atoms with E-state index in [9.17, 15) is 4.79 Å². The van der Waals surface area contributed by atoms with Crippen molar-refractivity contribution in [3.8, 4) is 0 Å². The van der Waals surface area contributed by atoms with Crippen LogP contribution in [0.4, 0.5) is 5.69 Å². The lowest BCUT2D eigenvalue weighted by molar-refractivity contribution is 0.0524. The van der Waals surface area contributed by atoms with E-state index < -0.39 is 0 Å². The van der Waals surface area contributed by atoms with Gasteiger partial charge in [-0.3, -0.25) is 0 Å². The molecule has 20 heavy (non-hydrogen) atoms. The summed E-state index contributed by atoms with van der Waals surface area (Å²) in [5.74, 6) is -0.273. The number of ether oxygens (including phenoxy) is 1. The largest absolute Gasteiger partial charge is 0.462 e. The highest BCUT2D eigenvalue weighted by molar-refractivity contribution is 5.91. The summed E-state index contributed by atoms with van der Waals surface area (Å²) in [5, 5.41) is 3.39. The van der Waals surface area contributed by atoms with Crippen LogP contribution in [0.15, 0.2) is 54.6 Å². The van der Waals surface area contributed by atoms with Crippen molar-refractivity contribution in [3.63, 3.8) is 0 Å².